The maximum atomic E-state index is 13.2. The zero-order valence-corrected chi connectivity index (χ0v) is 12.1. The lowest BCUT2D eigenvalue weighted by molar-refractivity contribution is -0.387. The molecule has 0 saturated carbocycles. The molecule has 0 fully saturated rings. The van der Waals surface area contributed by atoms with E-state index in [1.165, 1.54) is 17.4 Å². The van der Waals surface area contributed by atoms with Gasteiger partial charge in [-0.2, -0.15) is 4.39 Å². The largest absolute Gasteiger partial charge is 0.343 e. The van der Waals surface area contributed by atoms with Crippen molar-refractivity contribution in [3.05, 3.63) is 55.8 Å². The molecular formula is C13H12FN3O3S. The molecule has 1 aromatic heterocycles. The summed E-state index contributed by atoms with van der Waals surface area (Å²) in [5, 5.41) is 15.9. The fraction of sp³-hybridized carbons (Fsp3) is 0.231. The average Bonchev–Trinajstić information content (AvgIpc) is 2.85. The predicted molar refractivity (Wildman–Crippen MR) is 75.8 cm³/mol. The number of rotatable bonds is 4. The molecule has 1 atom stereocenters. The Morgan fingerprint density at radius 3 is 2.81 bits per heavy atom. The highest BCUT2D eigenvalue weighted by atomic mass is 32.1. The summed E-state index contributed by atoms with van der Waals surface area (Å²) < 4.78 is 13.2. The van der Waals surface area contributed by atoms with Crippen LogP contribution in [0.15, 0.2) is 23.6 Å². The Hall–Kier alpha value is -2.35. The van der Waals surface area contributed by atoms with Crippen LogP contribution in [0.4, 0.5) is 10.1 Å². The molecule has 21 heavy (non-hydrogen) atoms. The zero-order chi connectivity index (χ0) is 15.6. The van der Waals surface area contributed by atoms with Gasteiger partial charge in [0.15, 0.2) is 0 Å². The fourth-order valence-electron chi connectivity index (χ4n) is 1.71. The van der Waals surface area contributed by atoms with Crippen LogP contribution in [0, 0.1) is 22.9 Å². The minimum atomic E-state index is -0.972. The van der Waals surface area contributed by atoms with Gasteiger partial charge in [0.05, 0.1) is 11.0 Å². The van der Waals surface area contributed by atoms with Crippen molar-refractivity contribution in [3.8, 4) is 0 Å². The topological polar surface area (TPSA) is 85.1 Å². The van der Waals surface area contributed by atoms with Gasteiger partial charge in [-0.3, -0.25) is 14.9 Å². The number of carbonyl (C=O) groups excluding carboxylic acids is 1. The van der Waals surface area contributed by atoms with Gasteiger partial charge in [-0.15, -0.1) is 11.3 Å². The molecule has 8 heteroatoms. The molecule has 0 spiro atoms. The smallest absolute Gasteiger partial charge is 0.305 e. The number of amides is 1. The Kier molecular flexibility index (Phi) is 4.27. The molecule has 0 aliphatic heterocycles. The molecule has 1 amide bonds. The highest BCUT2D eigenvalue weighted by Gasteiger charge is 2.19. The Labute approximate surface area is 123 Å². The molecule has 0 bridgehead atoms. The summed E-state index contributed by atoms with van der Waals surface area (Å²) >= 11 is 1.41. The number of aryl methyl sites for hydroxylation is 1. The molecular weight excluding hydrogens is 297 g/mol. The summed E-state index contributed by atoms with van der Waals surface area (Å²) in [7, 11) is 0. The first-order chi connectivity index (χ1) is 9.88. The quantitative estimate of drug-likeness (QED) is 0.695. The van der Waals surface area contributed by atoms with Crippen molar-refractivity contribution in [2.24, 2.45) is 0 Å². The van der Waals surface area contributed by atoms with E-state index in [1.807, 2.05) is 12.3 Å². The van der Waals surface area contributed by atoms with Crippen LogP contribution in [0.1, 0.15) is 34.0 Å². The number of nitrogens with zero attached hydrogens (tertiary/aromatic N) is 2. The van der Waals surface area contributed by atoms with Gasteiger partial charge < -0.3 is 5.32 Å². The van der Waals surface area contributed by atoms with Crippen LogP contribution >= 0.6 is 11.3 Å². The molecule has 2 rings (SSSR count). The number of nitro groups is 1. The molecule has 1 unspecified atom stereocenters. The Morgan fingerprint density at radius 1 is 1.52 bits per heavy atom. The minimum Gasteiger partial charge on any atom is -0.343 e. The molecule has 110 valence electrons. The van der Waals surface area contributed by atoms with Crippen molar-refractivity contribution in [1.29, 1.82) is 0 Å². The summed E-state index contributed by atoms with van der Waals surface area (Å²) in [6.45, 7) is 3.60. The van der Waals surface area contributed by atoms with Gasteiger partial charge in [0, 0.05) is 22.7 Å². The number of nitro benzene ring substituents is 1. The first kappa shape index (κ1) is 15.0. The SMILES string of the molecule is Cc1csc(C(C)NC(=O)c2ccc(F)c([N+](=O)[O-])c2)n1. The molecule has 6 nitrogen and oxygen atoms in total. The van der Waals surface area contributed by atoms with E-state index < -0.39 is 22.3 Å². The predicted octanol–water partition coefficient (Wildman–Crippen LogP) is 2.99. The molecule has 0 saturated heterocycles. The minimum absolute atomic E-state index is 0.0308. The Bertz CT molecular complexity index is 702. The van der Waals surface area contributed by atoms with E-state index in [4.69, 9.17) is 0 Å². The van der Waals surface area contributed by atoms with E-state index in [-0.39, 0.29) is 11.6 Å². The number of hydrogen-bond acceptors (Lipinski definition) is 5. The van der Waals surface area contributed by atoms with Crippen molar-refractivity contribution >= 4 is 22.9 Å². The second-order valence-corrected chi connectivity index (χ2v) is 5.34. The summed E-state index contributed by atoms with van der Waals surface area (Å²) in [5.41, 5.74) is 0.164. The zero-order valence-electron chi connectivity index (χ0n) is 11.3. The van der Waals surface area contributed by atoms with Crippen molar-refractivity contribution in [2.75, 3.05) is 0 Å². The van der Waals surface area contributed by atoms with Gasteiger partial charge in [0.25, 0.3) is 5.91 Å². The lowest BCUT2D eigenvalue weighted by atomic mass is 10.1. The van der Waals surface area contributed by atoms with Gasteiger partial charge in [-0.25, -0.2) is 4.98 Å². The number of halogens is 1. The summed E-state index contributed by atoms with van der Waals surface area (Å²) in [5.74, 6) is -1.49. The van der Waals surface area contributed by atoms with E-state index in [1.54, 1.807) is 6.92 Å². The molecule has 2 aromatic rings. The highest BCUT2D eigenvalue weighted by Crippen LogP contribution is 2.21. The van der Waals surface area contributed by atoms with Crippen LogP contribution in [0.3, 0.4) is 0 Å². The van der Waals surface area contributed by atoms with Crippen LogP contribution in [0.2, 0.25) is 0 Å². The van der Waals surface area contributed by atoms with Gasteiger partial charge in [-0.05, 0) is 26.0 Å². The lowest BCUT2D eigenvalue weighted by Gasteiger charge is -2.11. The van der Waals surface area contributed by atoms with Crippen molar-refractivity contribution in [2.45, 2.75) is 19.9 Å². The van der Waals surface area contributed by atoms with Crippen molar-refractivity contribution in [3.63, 3.8) is 0 Å². The number of thiazole rings is 1. The average molecular weight is 309 g/mol. The van der Waals surface area contributed by atoms with Gasteiger partial charge in [0.1, 0.15) is 5.01 Å². The third-order valence-corrected chi connectivity index (χ3v) is 3.91. The van der Waals surface area contributed by atoms with E-state index in [0.29, 0.717) is 0 Å². The second-order valence-electron chi connectivity index (χ2n) is 4.45. The monoisotopic (exact) mass is 309 g/mol. The van der Waals surface area contributed by atoms with E-state index in [0.717, 1.165) is 22.8 Å². The van der Waals surface area contributed by atoms with Crippen LogP contribution < -0.4 is 5.32 Å². The van der Waals surface area contributed by atoms with E-state index >= 15 is 0 Å². The number of nitrogens with one attached hydrogen (secondary N) is 1. The third kappa shape index (κ3) is 3.40. The van der Waals surface area contributed by atoms with Gasteiger partial charge in [0.2, 0.25) is 5.82 Å². The standard InChI is InChI=1S/C13H12FN3O3S/c1-7-6-21-13(15-7)8(2)16-12(18)9-3-4-10(14)11(5-9)17(19)20/h3-6,8H,1-2H3,(H,16,18). The van der Waals surface area contributed by atoms with Crippen LogP contribution in [0.25, 0.3) is 0 Å². The first-order valence-electron chi connectivity index (χ1n) is 6.05. The number of carbonyl (C=O) groups is 1. The van der Waals surface area contributed by atoms with Gasteiger partial charge >= 0.3 is 5.69 Å². The lowest BCUT2D eigenvalue weighted by Crippen LogP contribution is -2.26. The summed E-state index contributed by atoms with van der Waals surface area (Å²) in [6.07, 6.45) is 0. The molecule has 0 radical (unpaired) electrons. The van der Waals surface area contributed by atoms with Crippen molar-refractivity contribution < 1.29 is 14.1 Å². The van der Waals surface area contributed by atoms with Crippen LogP contribution in [-0.4, -0.2) is 15.8 Å². The molecule has 0 aliphatic carbocycles. The molecule has 1 heterocycles. The van der Waals surface area contributed by atoms with E-state index in [9.17, 15) is 19.3 Å². The molecule has 1 aromatic carbocycles. The van der Waals surface area contributed by atoms with Crippen LogP contribution in [-0.2, 0) is 0 Å². The first-order valence-corrected chi connectivity index (χ1v) is 6.93. The summed E-state index contributed by atoms with van der Waals surface area (Å²) in [4.78, 5) is 26.1. The maximum Gasteiger partial charge on any atom is 0.305 e. The highest BCUT2D eigenvalue weighted by molar-refractivity contribution is 7.09. The molecule has 0 aliphatic rings. The number of hydrogen-bond donors (Lipinski definition) is 1. The fourth-order valence-corrected chi connectivity index (χ4v) is 2.51. The maximum absolute atomic E-state index is 13.2. The van der Waals surface area contributed by atoms with Gasteiger partial charge in [-0.1, -0.05) is 0 Å². The Balaban J connectivity index is 2.17. The normalized spacial score (nSPS) is 12.0. The van der Waals surface area contributed by atoms with E-state index in [2.05, 4.69) is 10.3 Å². The summed E-state index contributed by atoms with van der Waals surface area (Å²) in [6, 6.07) is 2.70. The third-order valence-electron chi connectivity index (χ3n) is 2.76. The number of aromatic nitrogens is 1. The van der Waals surface area contributed by atoms with Crippen LogP contribution in [0.5, 0.6) is 0 Å². The Morgan fingerprint density at radius 2 is 2.24 bits per heavy atom. The second kappa shape index (κ2) is 5.96. The molecule has 1 N–H and O–H groups in total. The van der Waals surface area contributed by atoms with Crippen molar-refractivity contribution in [1.82, 2.24) is 10.3 Å². The number of benzene rings is 1.